The minimum atomic E-state index is -0.236. The Morgan fingerprint density at radius 2 is 1.79 bits per heavy atom. The predicted molar refractivity (Wildman–Crippen MR) is 59.1 cm³/mol. The van der Waals surface area contributed by atoms with Crippen molar-refractivity contribution in [2.45, 2.75) is 66.0 Å². The molecule has 1 saturated carbocycles. The van der Waals surface area contributed by atoms with E-state index in [9.17, 15) is 4.79 Å². The smallest absolute Gasteiger partial charge is 0.228 e. The molecule has 82 valence electrons. The van der Waals surface area contributed by atoms with E-state index in [1.165, 1.54) is 19.3 Å². The number of carbonyl (C=O) groups excluding carboxylic acids is 1. The fraction of sp³-hybridized carbons (Fsp3) is 0.917. The van der Waals surface area contributed by atoms with Crippen LogP contribution in [-0.4, -0.2) is 22.9 Å². The van der Waals surface area contributed by atoms with Gasteiger partial charge in [0.2, 0.25) is 5.91 Å². The second-order valence-corrected chi connectivity index (χ2v) is 5.64. The maximum atomic E-state index is 12.2. The van der Waals surface area contributed by atoms with Crippen LogP contribution in [-0.2, 0) is 4.79 Å². The van der Waals surface area contributed by atoms with Crippen LogP contribution in [0.15, 0.2) is 0 Å². The fourth-order valence-corrected chi connectivity index (χ4v) is 1.87. The molecule has 1 rings (SSSR count). The van der Waals surface area contributed by atoms with Gasteiger partial charge < -0.3 is 4.90 Å². The summed E-state index contributed by atoms with van der Waals surface area (Å²) in [6, 6.07) is 0.855. The van der Waals surface area contributed by atoms with Crippen molar-refractivity contribution < 1.29 is 4.79 Å². The Morgan fingerprint density at radius 3 is 2.00 bits per heavy atom. The molecule has 0 unspecified atom stereocenters. The molecule has 0 spiro atoms. The van der Waals surface area contributed by atoms with Gasteiger partial charge in [0.15, 0.2) is 0 Å². The van der Waals surface area contributed by atoms with Crippen molar-refractivity contribution in [3.05, 3.63) is 0 Å². The molecule has 1 fully saturated rings. The Kier molecular flexibility index (Phi) is 3.23. The van der Waals surface area contributed by atoms with Gasteiger partial charge >= 0.3 is 0 Å². The van der Waals surface area contributed by atoms with E-state index in [1.807, 2.05) is 20.8 Å². The monoisotopic (exact) mass is 197 g/mol. The van der Waals surface area contributed by atoms with Gasteiger partial charge in [0.1, 0.15) is 0 Å². The van der Waals surface area contributed by atoms with Crippen LogP contribution in [0.4, 0.5) is 0 Å². The maximum Gasteiger partial charge on any atom is 0.228 e. The lowest BCUT2D eigenvalue weighted by Crippen LogP contribution is -2.52. The number of nitrogens with zero attached hydrogens (tertiary/aromatic N) is 1. The molecular weight excluding hydrogens is 174 g/mol. The summed E-state index contributed by atoms with van der Waals surface area (Å²) in [5.74, 6) is 0.303. The van der Waals surface area contributed by atoms with Gasteiger partial charge in [-0.25, -0.2) is 0 Å². The molecular formula is C12H23NO. The normalized spacial score (nSPS) is 18.1. The van der Waals surface area contributed by atoms with Crippen molar-refractivity contribution in [2.24, 2.45) is 5.41 Å². The summed E-state index contributed by atoms with van der Waals surface area (Å²) in [6.07, 6.45) is 3.67. The highest BCUT2D eigenvalue weighted by Crippen LogP contribution is 2.30. The van der Waals surface area contributed by atoms with Gasteiger partial charge in [-0.3, -0.25) is 4.79 Å². The molecule has 0 aromatic rings. The zero-order chi connectivity index (χ0) is 10.9. The van der Waals surface area contributed by atoms with Crippen molar-refractivity contribution >= 4 is 5.91 Å². The van der Waals surface area contributed by atoms with Crippen LogP contribution < -0.4 is 0 Å². The summed E-state index contributed by atoms with van der Waals surface area (Å²) in [5, 5.41) is 0. The van der Waals surface area contributed by atoms with Gasteiger partial charge in [-0.05, 0) is 33.1 Å². The molecule has 0 heterocycles. The third kappa shape index (κ3) is 2.28. The lowest BCUT2D eigenvalue weighted by atomic mass is 9.86. The highest BCUT2D eigenvalue weighted by molar-refractivity contribution is 5.82. The van der Waals surface area contributed by atoms with Crippen LogP contribution >= 0.6 is 0 Å². The molecule has 1 aliphatic carbocycles. The lowest BCUT2D eigenvalue weighted by molar-refractivity contribution is -0.146. The quantitative estimate of drug-likeness (QED) is 0.666. The highest BCUT2D eigenvalue weighted by Gasteiger charge is 2.35. The van der Waals surface area contributed by atoms with Crippen LogP contribution in [0, 0.1) is 5.41 Å². The topological polar surface area (TPSA) is 20.3 Å². The van der Waals surface area contributed by atoms with Crippen LogP contribution in [0.2, 0.25) is 0 Å². The summed E-state index contributed by atoms with van der Waals surface area (Å²) in [7, 11) is 0. The fourth-order valence-electron chi connectivity index (χ4n) is 1.87. The van der Waals surface area contributed by atoms with Crippen molar-refractivity contribution in [2.75, 3.05) is 0 Å². The molecule has 0 aromatic heterocycles. The molecule has 0 saturated heterocycles. The van der Waals surface area contributed by atoms with E-state index < -0.39 is 0 Å². The Bertz CT molecular complexity index is 211. The second kappa shape index (κ2) is 3.92. The van der Waals surface area contributed by atoms with E-state index >= 15 is 0 Å². The molecule has 0 aliphatic heterocycles. The van der Waals surface area contributed by atoms with Gasteiger partial charge in [0.25, 0.3) is 0 Å². The minimum absolute atomic E-state index is 0.236. The van der Waals surface area contributed by atoms with E-state index in [4.69, 9.17) is 0 Å². The standard InChI is InChI=1S/C12H23NO/c1-9(2)13(10-7-6-8-10)11(14)12(3,4)5/h9-10H,6-8H2,1-5H3. The molecule has 0 aromatic carbocycles. The number of hydrogen-bond acceptors (Lipinski definition) is 1. The summed E-state index contributed by atoms with van der Waals surface area (Å²) in [5.41, 5.74) is -0.236. The number of carbonyl (C=O) groups is 1. The van der Waals surface area contributed by atoms with Gasteiger partial charge in [-0.15, -0.1) is 0 Å². The number of amides is 1. The molecule has 1 amide bonds. The van der Waals surface area contributed by atoms with Gasteiger partial charge in [-0.1, -0.05) is 20.8 Å². The van der Waals surface area contributed by atoms with Crippen LogP contribution in [0.5, 0.6) is 0 Å². The Balaban J connectivity index is 2.72. The van der Waals surface area contributed by atoms with Crippen molar-refractivity contribution in [3.63, 3.8) is 0 Å². The summed E-state index contributed by atoms with van der Waals surface area (Å²) in [6.45, 7) is 10.2. The molecule has 2 heteroatoms. The summed E-state index contributed by atoms with van der Waals surface area (Å²) in [4.78, 5) is 14.3. The highest BCUT2D eigenvalue weighted by atomic mass is 16.2. The average molecular weight is 197 g/mol. The lowest BCUT2D eigenvalue weighted by Gasteiger charge is -2.43. The van der Waals surface area contributed by atoms with E-state index in [1.54, 1.807) is 0 Å². The molecule has 0 bridgehead atoms. The largest absolute Gasteiger partial charge is 0.337 e. The Morgan fingerprint density at radius 1 is 1.29 bits per heavy atom. The molecule has 0 radical (unpaired) electrons. The van der Waals surface area contributed by atoms with E-state index in [0.717, 1.165) is 0 Å². The maximum absolute atomic E-state index is 12.2. The third-order valence-corrected chi connectivity index (χ3v) is 2.90. The van der Waals surface area contributed by atoms with Crippen LogP contribution in [0.1, 0.15) is 53.9 Å². The molecule has 2 nitrogen and oxygen atoms in total. The summed E-state index contributed by atoms with van der Waals surface area (Å²) < 4.78 is 0. The average Bonchev–Trinajstić information content (AvgIpc) is 1.92. The van der Waals surface area contributed by atoms with Crippen molar-refractivity contribution in [1.29, 1.82) is 0 Å². The first-order valence-electron chi connectivity index (χ1n) is 5.67. The molecule has 0 atom stereocenters. The molecule has 1 aliphatic rings. The van der Waals surface area contributed by atoms with Gasteiger partial charge in [-0.2, -0.15) is 0 Å². The Hall–Kier alpha value is -0.530. The minimum Gasteiger partial charge on any atom is -0.337 e. The zero-order valence-corrected chi connectivity index (χ0v) is 10.1. The third-order valence-electron chi connectivity index (χ3n) is 2.90. The van der Waals surface area contributed by atoms with Crippen molar-refractivity contribution in [1.82, 2.24) is 4.90 Å². The SMILES string of the molecule is CC(C)N(C(=O)C(C)(C)C)C1CCC1. The zero-order valence-electron chi connectivity index (χ0n) is 10.1. The Labute approximate surface area is 87.7 Å². The first-order valence-corrected chi connectivity index (χ1v) is 5.67. The number of hydrogen-bond donors (Lipinski definition) is 0. The molecule has 14 heavy (non-hydrogen) atoms. The van der Waals surface area contributed by atoms with E-state index in [2.05, 4.69) is 18.7 Å². The first kappa shape index (κ1) is 11.5. The van der Waals surface area contributed by atoms with Crippen LogP contribution in [0.3, 0.4) is 0 Å². The predicted octanol–water partition coefficient (Wildman–Crippen LogP) is 2.82. The number of rotatable bonds is 2. The summed E-state index contributed by atoms with van der Waals surface area (Å²) >= 11 is 0. The first-order chi connectivity index (χ1) is 6.34. The van der Waals surface area contributed by atoms with E-state index in [-0.39, 0.29) is 5.41 Å². The van der Waals surface area contributed by atoms with Gasteiger partial charge in [0.05, 0.1) is 0 Å². The van der Waals surface area contributed by atoms with Crippen molar-refractivity contribution in [3.8, 4) is 0 Å². The second-order valence-electron chi connectivity index (χ2n) is 5.64. The van der Waals surface area contributed by atoms with Crippen LogP contribution in [0.25, 0.3) is 0 Å². The van der Waals surface area contributed by atoms with E-state index in [0.29, 0.717) is 18.0 Å². The molecule has 0 N–H and O–H groups in total. The van der Waals surface area contributed by atoms with Gasteiger partial charge in [0, 0.05) is 17.5 Å².